The van der Waals surface area contributed by atoms with Crippen LogP contribution in [0.15, 0.2) is 24.3 Å². The van der Waals surface area contributed by atoms with E-state index in [2.05, 4.69) is 20.3 Å². The van der Waals surface area contributed by atoms with E-state index >= 15 is 0 Å². The van der Waals surface area contributed by atoms with Gasteiger partial charge >= 0.3 is 0 Å². The summed E-state index contributed by atoms with van der Waals surface area (Å²) in [7, 11) is 0. The molecular formula is C11H12N4OS. The summed E-state index contributed by atoms with van der Waals surface area (Å²) in [6.45, 7) is 2.23. The molecule has 2 aromatic rings. The number of aromatic nitrogens is 2. The van der Waals surface area contributed by atoms with Crippen molar-refractivity contribution in [3.05, 3.63) is 29.8 Å². The van der Waals surface area contributed by atoms with Crippen LogP contribution in [0.2, 0.25) is 0 Å². The number of fused-ring (bicyclic) bond motifs is 1. The van der Waals surface area contributed by atoms with E-state index in [1.54, 1.807) is 0 Å². The number of nitrogens with two attached hydrogens (primary N) is 1. The minimum absolute atomic E-state index is 0.337. The Bertz CT molecular complexity index is 528. The first-order valence-electron chi connectivity index (χ1n) is 5.38. The molecule has 0 radical (unpaired) electrons. The smallest absolute Gasteiger partial charge is 0.233 e. The number of hydrogen-bond acceptors (Lipinski definition) is 6. The quantitative estimate of drug-likeness (QED) is 0.829. The minimum atomic E-state index is 0.337. The molecule has 1 aliphatic heterocycles. The number of anilines is 2. The second-order valence-corrected chi connectivity index (χ2v) is 4.54. The van der Waals surface area contributed by atoms with Crippen molar-refractivity contribution in [3.63, 3.8) is 0 Å². The Labute approximate surface area is 103 Å². The van der Waals surface area contributed by atoms with Crippen LogP contribution >= 0.6 is 11.5 Å². The third-order valence-electron chi connectivity index (χ3n) is 2.65. The lowest BCUT2D eigenvalue weighted by Crippen LogP contribution is -2.25. The van der Waals surface area contributed by atoms with Gasteiger partial charge in [0, 0.05) is 23.6 Å². The average molecular weight is 248 g/mol. The van der Waals surface area contributed by atoms with E-state index in [1.165, 1.54) is 17.1 Å². The molecule has 88 valence electrons. The lowest BCUT2D eigenvalue weighted by Gasteiger charge is -2.17. The fourth-order valence-corrected chi connectivity index (χ4v) is 2.47. The molecule has 0 aliphatic carbocycles. The number of ether oxygens (including phenoxy) is 1. The van der Waals surface area contributed by atoms with Crippen LogP contribution in [-0.4, -0.2) is 22.5 Å². The van der Waals surface area contributed by atoms with Gasteiger partial charge in [0.1, 0.15) is 12.4 Å². The summed E-state index contributed by atoms with van der Waals surface area (Å²) in [6.07, 6.45) is 0. The highest BCUT2D eigenvalue weighted by Gasteiger charge is 2.17. The summed E-state index contributed by atoms with van der Waals surface area (Å²) in [5.41, 5.74) is 6.71. The third-order valence-corrected chi connectivity index (χ3v) is 3.45. The molecule has 17 heavy (non-hydrogen) atoms. The van der Waals surface area contributed by atoms with E-state index in [-0.39, 0.29) is 0 Å². The molecule has 2 N–H and O–H groups in total. The number of rotatable bonds is 1. The SMILES string of the molecule is Nc1nsc(N2CCOc3ccccc3C2)n1. The Hall–Kier alpha value is -1.82. The molecule has 1 aromatic heterocycles. The molecule has 0 atom stereocenters. The minimum Gasteiger partial charge on any atom is -0.491 e. The zero-order chi connectivity index (χ0) is 11.7. The fraction of sp³-hybridized carbons (Fsp3) is 0.273. The lowest BCUT2D eigenvalue weighted by atomic mass is 10.2. The van der Waals surface area contributed by atoms with Gasteiger partial charge in [0.05, 0.1) is 6.54 Å². The first-order chi connectivity index (χ1) is 8.33. The summed E-state index contributed by atoms with van der Waals surface area (Å²) in [4.78, 5) is 6.34. The normalized spacial score (nSPS) is 14.9. The molecule has 0 saturated heterocycles. The van der Waals surface area contributed by atoms with Crippen LogP contribution in [0.1, 0.15) is 5.56 Å². The average Bonchev–Trinajstić information content (AvgIpc) is 2.65. The van der Waals surface area contributed by atoms with Crippen LogP contribution in [0.4, 0.5) is 11.1 Å². The van der Waals surface area contributed by atoms with E-state index in [4.69, 9.17) is 10.5 Å². The predicted molar refractivity (Wildman–Crippen MR) is 67.3 cm³/mol. The molecule has 0 unspecified atom stereocenters. The summed E-state index contributed by atoms with van der Waals surface area (Å²) >= 11 is 1.32. The molecule has 5 nitrogen and oxygen atoms in total. The standard InChI is InChI=1S/C11H12N4OS/c12-10-13-11(17-14-10)15-5-6-16-9-4-2-1-3-8(9)7-15/h1-4H,5-7H2,(H2,12,14). The van der Waals surface area contributed by atoms with Crippen molar-refractivity contribution in [3.8, 4) is 5.75 Å². The van der Waals surface area contributed by atoms with Crippen molar-refractivity contribution >= 4 is 22.6 Å². The van der Waals surface area contributed by atoms with Crippen LogP contribution in [-0.2, 0) is 6.54 Å². The van der Waals surface area contributed by atoms with Gasteiger partial charge in [-0.15, -0.1) is 0 Å². The highest BCUT2D eigenvalue weighted by molar-refractivity contribution is 7.09. The predicted octanol–water partition coefficient (Wildman–Crippen LogP) is 1.52. The maximum Gasteiger partial charge on any atom is 0.233 e. The van der Waals surface area contributed by atoms with E-state index in [0.29, 0.717) is 12.6 Å². The van der Waals surface area contributed by atoms with Gasteiger partial charge < -0.3 is 15.4 Å². The molecule has 6 heteroatoms. The summed E-state index contributed by atoms with van der Waals surface area (Å²) in [5.74, 6) is 1.29. The van der Waals surface area contributed by atoms with Crippen molar-refractivity contribution in [2.24, 2.45) is 0 Å². The molecule has 0 saturated carbocycles. The number of nitrogens with zero attached hydrogens (tertiary/aromatic N) is 3. The summed E-state index contributed by atoms with van der Waals surface area (Å²) < 4.78 is 9.69. The molecule has 0 fully saturated rings. The largest absolute Gasteiger partial charge is 0.491 e. The van der Waals surface area contributed by atoms with Gasteiger partial charge in [-0.3, -0.25) is 0 Å². The van der Waals surface area contributed by atoms with E-state index in [1.807, 2.05) is 18.2 Å². The summed E-state index contributed by atoms with van der Waals surface area (Å²) in [6, 6.07) is 8.06. The maximum absolute atomic E-state index is 5.69. The fourth-order valence-electron chi connectivity index (χ4n) is 1.84. The molecule has 1 aliphatic rings. The highest BCUT2D eigenvalue weighted by Crippen LogP contribution is 2.27. The second-order valence-electron chi connectivity index (χ2n) is 3.81. The third kappa shape index (κ3) is 2.03. The molecule has 1 aromatic carbocycles. The second kappa shape index (κ2) is 4.21. The number of hydrogen-bond donors (Lipinski definition) is 1. The highest BCUT2D eigenvalue weighted by atomic mass is 32.1. The van der Waals surface area contributed by atoms with E-state index in [0.717, 1.165) is 24.0 Å². The first kappa shape index (κ1) is 10.3. The molecule has 0 bridgehead atoms. The monoisotopic (exact) mass is 248 g/mol. The Morgan fingerprint density at radius 2 is 2.24 bits per heavy atom. The summed E-state index contributed by atoms with van der Waals surface area (Å²) in [5, 5.41) is 0.850. The molecule has 2 heterocycles. The number of para-hydroxylation sites is 1. The van der Waals surface area contributed by atoms with Crippen molar-refractivity contribution < 1.29 is 4.74 Å². The van der Waals surface area contributed by atoms with Crippen LogP contribution < -0.4 is 15.4 Å². The lowest BCUT2D eigenvalue weighted by molar-refractivity contribution is 0.331. The number of benzene rings is 1. The topological polar surface area (TPSA) is 64.3 Å². The van der Waals surface area contributed by atoms with E-state index in [9.17, 15) is 0 Å². The Morgan fingerprint density at radius 3 is 3.06 bits per heavy atom. The van der Waals surface area contributed by atoms with Gasteiger partial charge in [0.2, 0.25) is 11.1 Å². The Balaban J connectivity index is 1.90. The van der Waals surface area contributed by atoms with Crippen molar-refractivity contribution in [1.29, 1.82) is 0 Å². The van der Waals surface area contributed by atoms with Crippen LogP contribution in [0.25, 0.3) is 0 Å². The van der Waals surface area contributed by atoms with E-state index < -0.39 is 0 Å². The van der Waals surface area contributed by atoms with Crippen molar-refractivity contribution in [2.45, 2.75) is 6.54 Å². The van der Waals surface area contributed by atoms with Crippen LogP contribution in [0.5, 0.6) is 5.75 Å². The first-order valence-corrected chi connectivity index (χ1v) is 6.15. The van der Waals surface area contributed by atoms with Crippen molar-refractivity contribution in [2.75, 3.05) is 23.8 Å². The zero-order valence-electron chi connectivity index (χ0n) is 9.17. The van der Waals surface area contributed by atoms with Crippen LogP contribution in [0.3, 0.4) is 0 Å². The molecule has 0 spiro atoms. The van der Waals surface area contributed by atoms with Gasteiger partial charge in [-0.2, -0.15) is 9.36 Å². The Kier molecular flexibility index (Phi) is 2.56. The van der Waals surface area contributed by atoms with Gasteiger partial charge in [-0.25, -0.2) is 0 Å². The van der Waals surface area contributed by atoms with Crippen molar-refractivity contribution in [1.82, 2.24) is 9.36 Å². The molecule has 0 amide bonds. The molecular weight excluding hydrogens is 236 g/mol. The van der Waals surface area contributed by atoms with Gasteiger partial charge in [0.15, 0.2) is 0 Å². The van der Waals surface area contributed by atoms with Gasteiger partial charge in [-0.1, -0.05) is 18.2 Å². The Morgan fingerprint density at radius 1 is 1.35 bits per heavy atom. The van der Waals surface area contributed by atoms with Crippen LogP contribution in [0, 0.1) is 0 Å². The maximum atomic E-state index is 5.69. The zero-order valence-corrected chi connectivity index (χ0v) is 9.98. The van der Waals surface area contributed by atoms with Gasteiger partial charge in [-0.05, 0) is 6.07 Å². The molecule has 3 rings (SSSR count). The van der Waals surface area contributed by atoms with Gasteiger partial charge in [0.25, 0.3) is 0 Å². The number of nitrogen functional groups attached to an aromatic ring is 1.